The van der Waals surface area contributed by atoms with E-state index in [2.05, 4.69) is 12.2 Å². The van der Waals surface area contributed by atoms with Crippen molar-refractivity contribution in [2.45, 2.75) is 63.9 Å². The summed E-state index contributed by atoms with van der Waals surface area (Å²) in [6.45, 7) is 0.452. The van der Waals surface area contributed by atoms with Gasteiger partial charge in [0.25, 0.3) is 0 Å². The molecule has 7 nitrogen and oxygen atoms in total. The Morgan fingerprint density at radius 3 is 1.93 bits per heavy atom. The summed E-state index contributed by atoms with van der Waals surface area (Å²) in [4.78, 5) is 33.2. The average Bonchev–Trinajstić information content (AvgIpc) is 2.59. The summed E-state index contributed by atoms with van der Waals surface area (Å²) in [6, 6.07) is 0. The number of carboxylic acid groups (broad SMARTS) is 2. The van der Waals surface area contributed by atoms with Crippen LogP contribution in [0.4, 0.5) is 0 Å². The largest absolute Gasteiger partial charge is 0.481 e. The number of nitrogens with zero attached hydrogens (tertiary/aromatic N) is 1. The fourth-order valence-electron chi connectivity index (χ4n) is 2.72. The van der Waals surface area contributed by atoms with Gasteiger partial charge in [-0.1, -0.05) is 36.5 Å². The SMILES string of the molecule is C[N+](C)(C)CC(CC(=O)O)OC(=O)C/C=C/CCCC/C=C/C/C=C/CCC(=O)O. The predicted octanol–water partition coefficient (Wildman–Crippen LogP) is 3.95. The second-order valence-electron chi connectivity index (χ2n) is 8.25. The highest BCUT2D eigenvalue weighted by molar-refractivity contribution is 5.72. The molecule has 0 aliphatic rings. The first-order chi connectivity index (χ1) is 14.1. The number of esters is 1. The van der Waals surface area contributed by atoms with Crippen molar-refractivity contribution < 1.29 is 33.8 Å². The van der Waals surface area contributed by atoms with Crippen LogP contribution in [0.5, 0.6) is 0 Å². The lowest BCUT2D eigenvalue weighted by molar-refractivity contribution is -0.873. The van der Waals surface area contributed by atoms with Gasteiger partial charge in [0.1, 0.15) is 6.54 Å². The minimum Gasteiger partial charge on any atom is -0.481 e. The number of carbonyl (C=O) groups excluding carboxylic acids is 1. The Morgan fingerprint density at radius 1 is 0.833 bits per heavy atom. The molecule has 2 N–H and O–H groups in total. The van der Waals surface area contributed by atoms with Crippen LogP contribution in [0, 0.1) is 0 Å². The number of carbonyl (C=O) groups is 3. The summed E-state index contributed by atoms with van der Waals surface area (Å²) in [5.74, 6) is -2.14. The van der Waals surface area contributed by atoms with E-state index in [1.54, 1.807) is 6.08 Å². The van der Waals surface area contributed by atoms with Gasteiger partial charge < -0.3 is 19.4 Å². The van der Waals surface area contributed by atoms with Gasteiger partial charge in [0.05, 0.1) is 34.0 Å². The highest BCUT2D eigenvalue weighted by Crippen LogP contribution is 2.08. The maximum atomic E-state index is 11.9. The number of unbranched alkanes of at least 4 members (excludes halogenated alkanes) is 3. The monoisotopic (exact) mass is 424 g/mol. The Hall–Kier alpha value is -2.41. The van der Waals surface area contributed by atoms with Crippen LogP contribution in [0.15, 0.2) is 36.5 Å². The van der Waals surface area contributed by atoms with Crippen LogP contribution < -0.4 is 0 Å². The molecule has 0 aromatic carbocycles. The molecule has 0 radical (unpaired) electrons. The second-order valence-corrected chi connectivity index (χ2v) is 8.25. The predicted molar refractivity (Wildman–Crippen MR) is 117 cm³/mol. The van der Waals surface area contributed by atoms with Gasteiger partial charge in [0.2, 0.25) is 0 Å². The zero-order valence-electron chi connectivity index (χ0n) is 18.6. The van der Waals surface area contributed by atoms with E-state index in [1.807, 2.05) is 39.4 Å². The van der Waals surface area contributed by atoms with Gasteiger partial charge in [-0.05, 0) is 38.5 Å². The van der Waals surface area contributed by atoms with Crippen LogP contribution in [-0.4, -0.2) is 66.4 Å². The minimum atomic E-state index is -0.972. The number of ether oxygens (including phenoxy) is 1. The first-order valence-corrected chi connectivity index (χ1v) is 10.5. The molecule has 0 rings (SSSR count). The quantitative estimate of drug-likeness (QED) is 0.159. The molecule has 0 heterocycles. The Bertz CT molecular complexity index is 601. The molecule has 0 saturated heterocycles. The summed E-state index contributed by atoms with van der Waals surface area (Å²) in [6.07, 6.45) is 16.7. The standard InChI is InChI=1S/C23H37NO6/c1-24(2,3)19-20(18-22(27)28)30-23(29)17-15-13-11-9-7-5-4-6-8-10-12-14-16-21(25)26/h4,6,10,12-13,15,20H,5,7-9,11,14,16-19H2,1-3H3,(H-,25,26,27,28)/p+1/b6-4+,12-10+,15-13+. The lowest BCUT2D eigenvalue weighted by Crippen LogP contribution is -2.43. The van der Waals surface area contributed by atoms with E-state index in [1.165, 1.54) is 0 Å². The number of hydrogen-bond donors (Lipinski definition) is 2. The van der Waals surface area contributed by atoms with E-state index >= 15 is 0 Å². The molecule has 0 aromatic heterocycles. The Balaban J connectivity index is 3.88. The van der Waals surface area contributed by atoms with Crippen LogP contribution in [0.3, 0.4) is 0 Å². The molecule has 7 heteroatoms. The smallest absolute Gasteiger partial charge is 0.310 e. The van der Waals surface area contributed by atoms with E-state index in [4.69, 9.17) is 14.9 Å². The molecular formula is C23H38NO6+. The third-order valence-corrected chi connectivity index (χ3v) is 4.02. The lowest BCUT2D eigenvalue weighted by Gasteiger charge is -2.28. The average molecular weight is 425 g/mol. The third-order valence-electron chi connectivity index (χ3n) is 4.02. The van der Waals surface area contributed by atoms with Crippen molar-refractivity contribution in [3.05, 3.63) is 36.5 Å². The molecule has 1 atom stereocenters. The molecule has 0 fully saturated rings. The van der Waals surface area contributed by atoms with Gasteiger partial charge in [-0.2, -0.15) is 0 Å². The van der Waals surface area contributed by atoms with Crippen LogP contribution in [-0.2, 0) is 19.1 Å². The second kappa shape index (κ2) is 16.4. The van der Waals surface area contributed by atoms with E-state index in [-0.39, 0.29) is 19.3 Å². The fourth-order valence-corrected chi connectivity index (χ4v) is 2.72. The molecule has 30 heavy (non-hydrogen) atoms. The molecule has 0 saturated carbocycles. The maximum Gasteiger partial charge on any atom is 0.310 e. The summed E-state index contributed by atoms with van der Waals surface area (Å²) >= 11 is 0. The van der Waals surface area contributed by atoms with Gasteiger partial charge in [0, 0.05) is 6.42 Å². The van der Waals surface area contributed by atoms with Crippen molar-refractivity contribution in [2.75, 3.05) is 27.7 Å². The van der Waals surface area contributed by atoms with E-state index in [0.29, 0.717) is 17.4 Å². The molecule has 0 aliphatic carbocycles. The zero-order chi connectivity index (χ0) is 22.8. The lowest BCUT2D eigenvalue weighted by atomic mass is 10.1. The van der Waals surface area contributed by atoms with Gasteiger partial charge in [0.15, 0.2) is 6.10 Å². The van der Waals surface area contributed by atoms with Crippen molar-refractivity contribution >= 4 is 17.9 Å². The van der Waals surface area contributed by atoms with Crippen molar-refractivity contribution in [3.63, 3.8) is 0 Å². The van der Waals surface area contributed by atoms with Crippen molar-refractivity contribution in [1.29, 1.82) is 0 Å². The van der Waals surface area contributed by atoms with Crippen LogP contribution in [0.2, 0.25) is 0 Å². The number of rotatable bonds is 17. The van der Waals surface area contributed by atoms with E-state index < -0.39 is 24.0 Å². The highest BCUT2D eigenvalue weighted by Gasteiger charge is 2.24. The highest BCUT2D eigenvalue weighted by atomic mass is 16.5. The molecule has 0 bridgehead atoms. The molecule has 0 aromatic rings. The third kappa shape index (κ3) is 20.3. The number of carboxylic acids is 2. The van der Waals surface area contributed by atoms with Crippen LogP contribution in [0.1, 0.15) is 57.8 Å². The van der Waals surface area contributed by atoms with Crippen LogP contribution in [0.25, 0.3) is 0 Å². The number of aliphatic carboxylic acids is 2. The number of hydrogen-bond acceptors (Lipinski definition) is 4. The first kappa shape index (κ1) is 27.6. The Morgan fingerprint density at radius 2 is 1.40 bits per heavy atom. The van der Waals surface area contributed by atoms with Crippen molar-refractivity contribution in [1.82, 2.24) is 0 Å². The van der Waals surface area contributed by atoms with E-state index in [9.17, 15) is 14.4 Å². The molecule has 170 valence electrons. The van der Waals surface area contributed by atoms with E-state index in [0.717, 1.165) is 32.1 Å². The Kier molecular flexibility index (Phi) is 15.1. The van der Waals surface area contributed by atoms with Gasteiger partial charge in [-0.3, -0.25) is 14.4 Å². The van der Waals surface area contributed by atoms with Gasteiger partial charge in [-0.15, -0.1) is 0 Å². The molecular weight excluding hydrogens is 386 g/mol. The van der Waals surface area contributed by atoms with Gasteiger partial charge in [-0.25, -0.2) is 0 Å². The topological polar surface area (TPSA) is 101 Å². The maximum absolute atomic E-state index is 11.9. The number of allylic oxidation sites excluding steroid dienone is 5. The van der Waals surface area contributed by atoms with Gasteiger partial charge >= 0.3 is 17.9 Å². The molecule has 0 spiro atoms. The fraction of sp³-hybridized carbons (Fsp3) is 0.609. The van der Waals surface area contributed by atoms with Crippen LogP contribution >= 0.6 is 0 Å². The number of likely N-dealkylation sites (N-methyl/N-ethyl adjacent to an activating group) is 1. The van der Waals surface area contributed by atoms with Crippen molar-refractivity contribution in [2.24, 2.45) is 0 Å². The molecule has 0 aliphatic heterocycles. The minimum absolute atomic E-state index is 0.154. The normalized spacial score (nSPS) is 13.3. The summed E-state index contributed by atoms with van der Waals surface area (Å²) < 4.78 is 5.85. The summed E-state index contributed by atoms with van der Waals surface area (Å²) in [5.41, 5.74) is 0. The molecule has 0 amide bonds. The summed E-state index contributed by atoms with van der Waals surface area (Å²) in [7, 11) is 5.78. The van der Waals surface area contributed by atoms with Crippen molar-refractivity contribution in [3.8, 4) is 0 Å². The zero-order valence-corrected chi connectivity index (χ0v) is 18.6. The first-order valence-electron chi connectivity index (χ1n) is 10.5. The number of quaternary nitrogens is 1. The summed E-state index contributed by atoms with van der Waals surface area (Å²) in [5, 5.41) is 17.5. The molecule has 1 unspecified atom stereocenters. The Labute approximate surface area is 180 Å².